The summed E-state index contributed by atoms with van der Waals surface area (Å²) in [5, 5.41) is 3.63. The van der Waals surface area contributed by atoms with Gasteiger partial charge >= 0.3 is 0 Å². The Balaban J connectivity index is 2.61. The molecule has 1 heterocycles. The van der Waals surface area contributed by atoms with E-state index in [9.17, 15) is 4.79 Å². The minimum Gasteiger partial charge on any atom is -0.364 e. The molecule has 0 spiro atoms. The van der Waals surface area contributed by atoms with Crippen LogP contribution in [0, 0.1) is 0 Å². The first-order valence-corrected chi connectivity index (χ1v) is 2.57. The Kier molecular flexibility index (Phi) is 1.48. The highest BCUT2D eigenvalue weighted by atomic mass is 16.1. The van der Waals surface area contributed by atoms with E-state index >= 15 is 0 Å². The van der Waals surface area contributed by atoms with E-state index in [2.05, 4.69) is 10.5 Å². The molecule has 1 rings (SSSR count). The minimum absolute atomic E-state index is 0.373. The molecule has 0 bridgehead atoms. The highest BCUT2D eigenvalue weighted by molar-refractivity contribution is 6.38. The van der Waals surface area contributed by atoms with Gasteiger partial charge in [0.1, 0.15) is 5.71 Å². The van der Waals surface area contributed by atoms with Gasteiger partial charge in [0.2, 0.25) is 0 Å². The normalized spacial score (nSPS) is 16.2. The van der Waals surface area contributed by atoms with E-state index in [1.54, 1.807) is 12.3 Å². The summed E-state index contributed by atoms with van der Waals surface area (Å²) in [4.78, 5) is 10.4. The van der Waals surface area contributed by atoms with Gasteiger partial charge in [-0.2, -0.15) is 5.10 Å². The molecule has 0 radical (unpaired) electrons. The van der Waals surface area contributed by atoms with Gasteiger partial charge in [0, 0.05) is 12.6 Å². The number of nitrogens with one attached hydrogen (secondary N) is 1. The van der Waals surface area contributed by atoms with Crippen molar-refractivity contribution in [2.45, 2.75) is 6.42 Å². The molecule has 1 amide bonds. The predicted octanol–water partition coefficient (Wildman–Crippen LogP) is -0.665. The van der Waals surface area contributed by atoms with Crippen molar-refractivity contribution >= 4 is 11.6 Å². The van der Waals surface area contributed by atoms with Crippen LogP contribution >= 0.6 is 0 Å². The van der Waals surface area contributed by atoms with Crippen molar-refractivity contribution < 1.29 is 4.79 Å². The van der Waals surface area contributed by atoms with Gasteiger partial charge < -0.3 is 5.73 Å². The predicted molar refractivity (Wildman–Crippen MR) is 33.5 cm³/mol. The van der Waals surface area contributed by atoms with E-state index in [-0.39, 0.29) is 0 Å². The van der Waals surface area contributed by atoms with Crippen LogP contribution in [0.4, 0.5) is 0 Å². The Labute approximate surface area is 52.4 Å². The maximum Gasteiger partial charge on any atom is 0.265 e. The highest BCUT2D eigenvalue weighted by Crippen LogP contribution is 1.91. The van der Waals surface area contributed by atoms with Gasteiger partial charge in [-0.25, -0.2) is 0 Å². The van der Waals surface area contributed by atoms with Crippen LogP contribution in [-0.4, -0.2) is 11.6 Å². The minimum atomic E-state index is -0.466. The first-order valence-electron chi connectivity index (χ1n) is 2.57. The summed E-state index contributed by atoms with van der Waals surface area (Å²) >= 11 is 0. The van der Waals surface area contributed by atoms with E-state index in [1.165, 1.54) is 0 Å². The van der Waals surface area contributed by atoms with Gasteiger partial charge in [0.15, 0.2) is 0 Å². The molecular formula is C5H7N3O. The number of carbonyl (C=O) groups is 1. The molecule has 0 saturated carbocycles. The molecule has 0 aliphatic carbocycles. The lowest BCUT2D eigenvalue weighted by atomic mass is 10.2. The summed E-state index contributed by atoms with van der Waals surface area (Å²) in [6.07, 6.45) is 3.97. The number of primary amides is 1. The third kappa shape index (κ3) is 1.28. The number of carbonyl (C=O) groups excluding carboxylic acids is 1. The molecule has 4 nitrogen and oxygen atoms in total. The number of allylic oxidation sites excluding steroid dienone is 1. The number of nitrogens with zero attached hydrogens (tertiary/aromatic N) is 1. The van der Waals surface area contributed by atoms with Crippen molar-refractivity contribution in [3.8, 4) is 0 Å². The summed E-state index contributed by atoms with van der Waals surface area (Å²) in [5.41, 5.74) is 7.82. The van der Waals surface area contributed by atoms with Crippen molar-refractivity contribution in [1.29, 1.82) is 0 Å². The fourth-order valence-corrected chi connectivity index (χ4v) is 0.540. The average Bonchev–Trinajstić information content (AvgIpc) is 1.90. The Bertz CT molecular complexity index is 183. The van der Waals surface area contributed by atoms with E-state index in [1.807, 2.05) is 0 Å². The Morgan fingerprint density at radius 1 is 1.89 bits per heavy atom. The van der Waals surface area contributed by atoms with Gasteiger partial charge in [-0.15, -0.1) is 0 Å². The van der Waals surface area contributed by atoms with Crippen LogP contribution in [0.5, 0.6) is 0 Å². The van der Waals surface area contributed by atoms with Crippen LogP contribution in [0.3, 0.4) is 0 Å². The van der Waals surface area contributed by atoms with E-state index in [4.69, 9.17) is 5.73 Å². The second-order valence-electron chi connectivity index (χ2n) is 1.66. The second kappa shape index (κ2) is 2.30. The van der Waals surface area contributed by atoms with E-state index < -0.39 is 5.91 Å². The first-order chi connectivity index (χ1) is 4.30. The van der Waals surface area contributed by atoms with Crippen molar-refractivity contribution in [3.63, 3.8) is 0 Å². The zero-order chi connectivity index (χ0) is 6.69. The van der Waals surface area contributed by atoms with Gasteiger partial charge in [-0.3, -0.25) is 10.2 Å². The molecule has 9 heavy (non-hydrogen) atoms. The number of hydrogen-bond acceptors (Lipinski definition) is 3. The van der Waals surface area contributed by atoms with E-state index in [0.717, 1.165) is 0 Å². The molecule has 4 heteroatoms. The smallest absolute Gasteiger partial charge is 0.265 e. The maximum atomic E-state index is 10.4. The molecule has 0 aromatic heterocycles. The monoisotopic (exact) mass is 125 g/mol. The van der Waals surface area contributed by atoms with Crippen molar-refractivity contribution in [2.75, 3.05) is 0 Å². The largest absolute Gasteiger partial charge is 0.364 e. The first kappa shape index (κ1) is 5.81. The van der Waals surface area contributed by atoms with Gasteiger partial charge in [-0.1, -0.05) is 6.08 Å². The molecule has 0 unspecified atom stereocenters. The lowest BCUT2D eigenvalue weighted by Crippen LogP contribution is -2.26. The molecule has 48 valence electrons. The molecular weight excluding hydrogens is 118 g/mol. The zero-order valence-electron chi connectivity index (χ0n) is 4.79. The Morgan fingerprint density at radius 2 is 2.67 bits per heavy atom. The summed E-state index contributed by atoms with van der Waals surface area (Å²) in [7, 11) is 0. The Hall–Kier alpha value is -1.32. The fraction of sp³-hybridized carbons (Fsp3) is 0.200. The number of hydrazone groups is 1. The number of nitrogens with two attached hydrogens (primary N) is 1. The molecule has 0 fully saturated rings. The second-order valence-corrected chi connectivity index (χ2v) is 1.66. The molecule has 0 atom stereocenters. The van der Waals surface area contributed by atoms with E-state index in [0.29, 0.717) is 12.1 Å². The topological polar surface area (TPSA) is 67.5 Å². The van der Waals surface area contributed by atoms with Crippen molar-refractivity contribution in [1.82, 2.24) is 5.43 Å². The lowest BCUT2D eigenvalue weighted by Gasteiger charge is -2.01. The third-order valence-electron chi connectivity index (χ3n) is 0.988. The number of amides is 1. The van der Waals surface area contributed by atoms with Gasteiger partial charge in [0.05, 0.1) is 0 Å². The SMILES string of the molecule is NC(=O)C1=NNC=CC1. The summed E-state index contributed by atoms with van der Waals surface area (Å²) in [6.45, 7) is 0. The van der Waals surface area contributed by atoms with Gasteiger partial charge in [0.25, 0.3) is 5.91 Å². The van der Waals surface area contributed by atoms with Crippen LogP contribution in [0.15, 0.2) is 17.4 Å². The van der Waals surface area contributed by atoms with Crippen molar-refractivity contribution in [3.05, 3.63) is 12.3 Å². The maximum absolute atomic E-state index is 10.4. The molecule has 1 aliphatic rings. The third-order valence-corrected chi connectivity index (χ3v) is 0.988. The molecule has 0 aromatic rings. The number of rotatable bonds is 1. The number of hydrogen-bond donors (Lipinski definition) is 2. The molecule has 0 aromatic carbocycles. The Morgan fingerprint density at radius 3 is 3.00 bits per heavy atom. The summed E-state index contributed by atoms with van der Waals surface area (Å²) in [5.74, 6) is -0.466. The fourth-order valence-electron chi connectivity index (χ4n) is 0.540. The van der Waals surface area contributed by atoms with Crippen molar-refractivity contribution in [2.24, 2.45) is 10.8 Å². The highest BCUT2D eigenvalue weighted by Gasteiger charge is 2.05. The quantitative estimate of drug-likeness (QED) is 0.488. The molecule has 1 aliphatic heterocycles. The van der Waals surface area contributed by atoms with Crippen LogP contribution in [0.2, 0.25) is 0 Å². The summed E-state index contributed by atoms with van der Waals surface area (Å²) in [6, 6.07) is 0. The van der Waals surface area contributed by atoms with Gasteiger partial charge in [-0.05, 0) is 0 Å². The standard InChI is InChI=1S/C5H7N3O/c6-5(9)4-2-1-3-7-8-4/h1,3,7H,2H2,(H2,6,9). The summed E-state index contributed by atoms with van der Waals surface area (Å²) < 4.78 is 0. The van der Waals surface area contributed by atoms with Crippen LogP contribution in [-0.2, 0) is 4.79 Å². The van der Waals surface area contributed by atoms with Crippen LogP contribution in [0.25, 0.3) is 0 Å². The zero-order valence-corrected chi connectivity index (χ0v) is 4.79. The molecule has 0 saturated heterocycles. The van der Waals surface area contributed by atoms with Crippen LogP contribution < -0.4 is 11.2 Å². The average molecular weight is 125 g/mol. The molecule has 3 N–H and O–H groups in total. The lowest BCUT2D eigenvalue weighted by molar-refractivity contribution is -0.112. The van der Waals surface area contributed by atoms with Crippen LogP contribution in [0.1, 0.15) is 6.42 Å².